The molecule has 4 heteroatoms. The number of benzene rings is 3. The number of carbonyl (C=O) groups is 1. The first kappa shape index (κ1) is 17.4. The Morgan fingerprint density at radius 3 is 2.68 bits per heavy atom. The standard InChI is InChI=1S/C24H17NO3/c1-28-24(27)21-7-3-5-18(9-8-16-4-2-6-20(26)14-16)23(21)19-11-10-17-12-13-25-22(17)15-19/h2-7,10-15,25-26H,1H3. The van der Waals surface area contributed by atoms with Crippen LogP contribution < -0.4 is 0 Å². The zero-order valence-electron chi connectivity index (χ0n) is 15.2. The van der Waals surface area contributed by atoms with Crippen molar-refractivity contribution < 1.29 is 14.6 Å². The Morgan fingerprint density at radius 1 is 1.00 bits per heavy atom. The van der Waals surface area contributed by atoms with E-state index in [2.05, 4.69) is 16.8 Å². The molecule has 0 amide bonds. The highest BCUT2D eigenvalue weighted by Gasteiger charge is 2.16. The molecule has 1 aromatic heterocycles. The molecule has 4 nitrogen and oxygen atoms in total. The van der Waals surface area contributed by atoms with Crippen LogP contribution in [0.1, 0.15) is 21.5 Å². The van der Waals surface area contributed by atoms with E-state index < -0.39 is 5.97 Å². The average molecular weight is 367 g/mol. The van der Waals surface area contributed by atoms with Gasteiger partial charge in [-0.25, -0.2) is 4.79 Å². The van der Waals surface area contributed by atoms with Crippen LogP contribution in [0.3, 0.4) is 0 Å². The lowest BCUT2D eigenvalue weighted by Gasteiger charge is -2.11. The zero-order chi connectivity index (χ0) is 19.5. The van der Waals surface area contributed by atoms with Crippen LogP contribution in [0.2, 0.25) is 0 Å². The number of methoxy groups -OCH3 is 1. The van der Waals surface area contributed by atoms with E-state index >= 15 is 0 Å². The van der Waals surface area contributed by atoms with Crippen molar-refractivity contribution in [3.63, 3.8) is 0 Å². The van der Waals surface area contributed by atoms with Crippen LogP contribution in [0.15, 0.2) is 72.9 Å². The number of aromatic amines is 1. The smallest absolute Gasteiger partial charge is 0.338 e. The molecule has 3 aromatic carbocycles. The molecule has 0 aliphatic heterocycles. The summed E-state index contributed by atoms with van der Waals surface area (Å²) >= 11 is 0. The lowest BCUT2D eigenvalue weighted by Crippen LogP contribution is -2.05. The fourth-order valence-corrected chi connectivity index (χ4v) is 3.17. The molecule has 0 radical (unpaired) electrons. The van der Waals surface area contributed by atoms with Gasteiger partial charge < -0.3 is 14.8 Å². The van der Waals surface area contributed by atoms with E-state index in [1.54, 1.807) is 30.3 Å². The molecule has 0 atom stereocenters. The molecule has 136 valence electrons. The van der Waals surface area contributed by atoms with E-state index in [1.165, 1.54) is 7.11 Å². The zero-order valence-corrected chi connectivity index (χ0v) is 15.2. The van der Waals surface area contributed by atoms with Gasteiger partial charge in [0.1, 0.15) is 5.75 Å². The normalized spacial score (nSPS) is 10.3. The number of H-pyrrole nitrogens is 1. The Hall–Kier alpha value is -3.97. The van der Waals surface area contributed by atoms with E-state index in [4.69, 9.17) is 4.74 Å². The number of hydrogen-bond donors (Lipinski definition) is 2. The molecule has 0 unspecified atom stereocenters. The number of nitrogens with one attached hydrogen (secondary N) is 1. The van der Waals surface area contributed by atoms with Crippen LogP contribution in [-0.4, -0.2) is 23.2 Å². The second-order valence-corrected chi connectivity index (χ2v) is 6.30. The van der Waals surface area contributed by atoms with Gasteiger partial charge in [-0.15, -0.1) is 0 Å². The number of aromatic nitrogens is 1. The van der Waals surface area contributed by atoms with E-state index in [1.807, 2.05) is 42.6 Å². The molecular weight excluding hydrogens is 350 g/mol. The summed E-state index contributed by atoms with van der Waals surface area (Å²) in [4.78, 5) is 15.6. The maximum Gasteiger partial charge on any atom is 0.338 e. The first-order valence-corrected chi connectivity index (χ1v) is 8.75. The molecule has 28 heavy (non-hydrogen) atoms. The molecule has 4 rings (SSSR count). The largest absolute Gasteiger partial charge is 0.508 e. The molecule has 4 aromatic rings. The minimum atomic E-state index is -0.414. The summed E-state index contributed by atoms with van der Waals surface area (Å²) in [6.45, 7) is 0. The predicted octanol–water partition coefficient (Wildman–Crippen LogP) is 4.73. The molecule has 0 saturated carbocycles. The van der Waals surface area contributed by atoms with E-state index in [0.29, 0.717) is 16.7 Å². The maximum absolute atomic E-state index is 12.4. The number of phenolic OH excluding ortho intramolecular Hbond substituents is 1. The molecule has 0 aliphatic carbocycles. The molecule has 0 bridgehead atoms. The van der Waals surface area contributed by atoms with Gasteiger partial charge in [0, 0.05) is 28.4 Å². The molecular formula is C24H17NO3. The van der Waals surface area contributed by atoms with E-state index in [9.17, 15) is 9.90 Å². The van der Waals surface area contributed by atoms with Crippen molar-refractivity contribution in [2.75, 3.05) is 7.11 Å². The predicted molar refractivity (Wildman–Crippen MR) is 109 cm³/mol. The van der Waals surface area contributed by atoms with Gasteiger partial charge in [-0.3, -0.25) is 0 Å². The van der Waals surface area contributed by atoms with Crippen LogP contribution in [0.5, 0.6) is 5.75 Å². The summed E-state index contributed by atoms with van der Waals surface area (Å²) < 4.78 is 4.98. The number of aromatic hydroxyl groups is 1. The minimum Gasteiger partial charge on any atom is -0.508 e. The van der Waals surface area contributed by atoms with E-state index in [-0.39, 0.29) is 5.75 Å². The first-order chi connectivity index (χ1) is 13.7. The number of rotatable bonds is 2. The minimum absolute atomic E-state index is 0.160. The summed E-state index contributed by atoms with van der Waals surface area (Å²) in [7, 11) is 1.37. The second kappa shape index (κ2) is 7.34. The summed E-state index contributed by atoms with van der Waals surface area (Å²) in [5, 5.41) is 10.7. The van der Waals surface area contributed by atoms with Crippen LogP contribution in [0, 0.1) is 11.8 Å². The summed E-state index contributed by atoms with van der Waals surface area (Å²) in [5.41, 5.74) is 4.42. The fraction of sp³-hybridized carbons (Fsp3) is 0.0417. The lowest BCUT2D eigenvalue weighted by atomic mass is 9.93. The van der Waals surface area contributed by atoms with Crippen molar-refractivity contribution in [2.45, 2.75) is 0 Å². The highest BCUT2D eigenvalue weighted by Crippen LogP contribution is 2.30. The van der Waals surface area contributed by atoms with Crippen molar-refractivity contribution in [2.24, 2.45) is 0 Å². The number of esters is 1. The van der Waals surface area contributed by atoms with Crippen molar-refractivity contribution in [1.82, 2.24) is 4.98 Å². The molecule has 2 N–H and O–H groups in total. The van der Waals surface area contributed by atoms with Crippen LogP contribution >= 0.6 is 0 Å². The monoisotopic (exact) mass is 367 g/mol. The quantitative estimate of drug-likeness (QED) is 0.398. The van der Waals surface area contributed by atoms with Gasteiger partial charge >= 0.3 is 5.97 Å². The van der Waals surface area contributed by atoms with Crippen molar-refractivity contribution >= 4 is 16.9 Å². The third-order valence-corrected chi connectivity index (χ3v) is 4.50. The van der Waals surface area contributed by atoms with E-state index in [0.717, 1.165) is 22.0 Å². The Labute approximate surface area is 162 Å². The van der Waals surface area contributed by atoms with Crippen LogP contribution in [-0.2, 0) is 4.74 Å². The van der Waals surface area contributed by atoms with Crippen molar-refractivity contribution in [1.29, 1.82) is 0 Å². The Bertz CT molecular complexity index is 1240. The molecule has 0 saturated heterocycles. The number of carbonyl (C=O) groups excluding carboxylic acids is 1. The third kappa shape index (κ3) is 3.34. The SMILES string of the molecule is COC(=O)c1cccc(C#Cc2cccc(O)c2)c1-c1ccc2cc[nH]c2c1. The summed E-state index contributed by atoms with van der Waals surface area (Å²) in [5.74, 6) is 5.94. The van der Waals surface area contributed by atoms with Gasteiger partial charge in [0.2, 0.25) is 0 Å². The topological polar surface area (TPSA) is 62.3 Å². The third-order valence-electron chi connectivity index (χ3n) is 4.50. The van der Waals surface area contributed by atoms with Gasteiger partial charge in [0.05, 0.1) is 12.7 Å². The lowest BCUT2D eigenvalue weighted by molar-refractivity contribution is 0.0601. The number of fused-ring (bicyclic) bond motifs is 1. The van der Waals surface area contributed by atoms with Gasteiger partial charge in [-0.1, -0.05) is 36.1 Å². The molecule has 0 fully saturated rings. The number of ether oxygens (including phenoxy) is 1. The highest BCUT2D eigenvalue weighted by atomic mass is 16.5. The Balaban J connectivity index is 1.90. The number of hydrogen-bond acceptors (Lipinski definition) is 3. The van der Waals surface area contributed by atoms with Crippen LogP contribution in [0.25, 0.3) is 22.0 Å². The molecule has 1 heterocycles. The second-order valence-electron chi connectivity index (χ2n) is 6.30. The van der Waals surface area contributed by atoms with Gasteiger partial charge in [0.15, 0.2) is 0 Å². The Kier molecular flexibility index (Phi) is 4.57. The molecule has 0 spiro atoms. The van der Waals surface area contributed by atoms with Crippen molar-refractivity contribution in [3.05, 3.63) is 89.6 Å². The summed E-state index contributed by atoms with van der Waals surface area (Å²) in [6.07, 6.45) is 1.88. The molecule has 0 aliphatic rings. The first-order valence-electron chi connectivity index (χ1n) is 8.75. The highest BCUT2D eigenvalue weighted by molar-refractivity contribution is 6.00. The van der Waals surface area contributed by atoms with Gasteiger partial charge in [0.25, 0.3) is 0 Å². The van der Waals surface area contributed by atoms with Crippen molar-refractivity contribution in [3.8, 4) is 28.7 Å². The summed E-state index contributed by atoms with van der Waals surface area (Å²) in [6, 6.07) is 20.1. The fourth-order valence-electron chi connectivity index (χ4n) is 3.17. The Morgan fingerprint density at radius 2 is 1.86 bits per heavy atom. The average Bonchev–Trinajstić information content (AvgIpc) is 3.19. The van der Waals surface area contributed by atoms with Gasteiger partial charge in [-0.2, -0.15) is 0 Å². The van der Waals surface area contributed by atoms with Crippen LogP contribution in [0.4, 0.5) is 0 Å². The number of phenols is 1. The van der Waals surface area contributed by atoms with Gasteiger partial charge in [-0.05, 0) is 53.4 Å². The maximum atomic E-state index is 12.4.